The van der Waals surface area contributed by atoms with Gasteiger partial charge in [-0.3, -0.25) is 9.59 Å². The van der Waals surface area contributed by atoms with Crippen LogP contribution in [0.15, 0.2) is 18.2 Å². The van der Waals surface area contributed by atoms with E-state index in [4.69, 9.17) is 9.47 Å². The largest absolute Gasteiger partial charge is 0.494 e. The maximum absolute atomic E-state index is 12.6. The fraction of sp³-hybridized carbons (Fsp3) is 0.556. The van der Waals surface area contributed by atoms with Crippen LogP contribution in [0.1, 0.15) is 33.1 Å². The van der Waals surface area contributed by atoms with E-state index in [1.165, 1.54) is 0 Å². The molecule has 1 atom stereocenters. The Labute approximate surface area is 142 Å². The zero-order chi connectivity index (χ0) is 17.1. The minimum Gasteiger partial charge on any atom is -0.494 e. The molecule has 1 aromatic rings. The molecule has 0 radical (unpaired) electrons. The summed E-state index contributed by atoms with van der Waals surface area (Å²) in [5.41, 5.74) is 0.588. The van der Waals surface area contributed by atoms with Crippen molar-refractivity contribution < 1.29 is 19.1 Å². The fourth-order valence-corrected chi connectivity index (χ4v) is 3.03. The lowest BCUT2D eigenvalue weighted by Crippen LogP contribution is -2.30. The molecule has 2 amide bonds. The van der Waals surface area contributed by atoms with Gasteiger partial charge < -0.3 is 19.7 Å². The molecule has 6 heteroatoms. The quantitative estimate of drug-likeness (QED) is 0.833. The van der Waals surface area contributed by atoms with Crippen LogP contribution in [0.2, 0.25) is 0 Å². The van der Waals surface area contributed by atoms with Crippen LogP contribution in [0.4, 0.5) is 5.69 Å². The molecule has 6 nitrogen and oxygen atoms in total. The predicted octanol–water partition coefficient (Wildman–Crippen LogP) is 2.43. The predicted molar refractivity (Wildman–Crippen MR) is 90.3 cm³/mol. The Morgan fingerprint density at radius 1 is 1.25 bits per heavy atom. The molecule has 1 heterocycles. The first-order valence-electron chi connectivity index (χ1n) is 8.62. The molecule has 0 unspecified atom stereocenters. The molecule has 0 bridgehead atoms. The Balaban J connectivity index is 1.70. The lowest BCUT2D eigenvalue weighted by atomic mass is 10.1. The lowest BCUT2D eigenvalue weighted by Gasteiger charge is -2.17. The normalized spacial score (nSPS) is 20.2. The van der Waals surface area contributed by atoms with Crippen molar-refractivity contribution in [1.82, 2.24) is 4.90 Å². The molecule has 2 fully saturated rings. The van der Waals surface area contributed by atoms with Crippen LogP contribution in [0.5, 0.6) is 11.5 Å². The topological polar surface area (TPSA) is 67.9 Å². The molecule has 24 heavy (non-hydrogen) atoms. The van der Waals surface area contributed by atoms with E-state index in [-0.39, 0.29) is 24.2 Å². The number of carbonyl (C=O) groups is 2. The second-order valence-electron chi connectivity index (χ2n) is 6.19. The third kappa shape index (κ3) is 3.63. The lowest BCUT2D eigenvalue weighted by molar-refractivity contribution is -0.128. The molecular formula is C18H24N2O4. The number of hydrogen-bond acceptors (Lipinski definition) is 4. The molecular weight excluding hydrogens is 308 g/mol. The van der Waals surface area contributed by atoms with Gasteiger partial charge in [-0.05, 0) is 38.8 Å². The molecule has 1 saturated carbocycles. The van der Waals surface area contributed by atoms with Crippen molar-refractivity contribution in [3.05, 3.63) is 18.2 Å². The number of hydrogen-bond donors (Lipinski definition) is 1. The van der Waals surface area contributed by atoms with Gasteiger partial charge in [0.05, 0.1) is 24.8 Å². The average molecular weight is 332 g/mol. The first-order valence-corrected chi connectivity index (χ1v) is 8.62. The maximum atomic E-state index is 12.6. The van der Waals surface area contributed by atoms with E-state index in [9.17, 15) is 9.59 Å². The van der Waals surface area contributed by atoms with Crippen LogP contribution in [-0.4, -0.2) is 42.5 Å². The molecule has 1 saturated heterocycles. The van der Waals surface area contributed by atoms with Gasteiger partial charge >= 0.3 is 0 Å². The summed E-state index contributed by atoms with van der Waals surface area (Å²) in [6, 6.07) is 5.73. The summed E-state index contributed by atoms with van der Waals surface area (Å²) in [6.07, 6.45) is 2.41. The third-order valence-corrected chi connectivity index (χ3v) is 4.34. The monoisotopic (exact) mass is 332 g/mol. The fourth-order valence-electron chi connectivity index (χ4n) is 3.03. The average Bonchev–Trinajstić information content (AvgIpc) is 3.32. The van der Waals surface area contributed by atoms with Gasteiger partial charge in [0.2, 0.25) is 11.8 Å². The van der Waals surface area contributed by atoms with Gasteiger partial charge in [0, 0.05) is 25.1 Å². The van der Waals surface area contributed by atoms with Gasteiger partial charge in [-0.2, -0.15) is 0 Å². The van der Waals surface area contributed by atoms with Gasteiger partial charge in [0.25, 0.3) is 0 Å². The number of nitrogens with one attached hydrogen (secondary N) is 1. The highest BCUT2D eigenvalue weighted by Crippen LogP contribution is 2.34. The van der Waals surface area contributed by atoms with E-state index < -0.39 is 0 Å². The number of nitrogens with zero attached hydrogens (tertiary/aromatic N) is 1. The molecule has 1 N–H and O–H groups in total. The van der Waals surface area contributed by atoms with Crippen molar-refractivity contribution in [2.45, 2.75) is 39.2 Å². The van der Waals surface area contributed by atoms with Crippen LogP contribution in [0.3, 0.4) is 0 Å². The van der Waals surface area contributed by atoms with Crippen molar-refractivity contribution in [2.75, 3.05) is 25.1 Å². The van der Waals surface area contributed by atoms with Crippen molar-refractivity contribution in [2.24, 2.45) is 5.92 Å². The molecule has 3 rings (SSSR count). The second kappa shape index (κ2) is 7.11. The summed E-state index contributed by atoms with van der Waals surface area (Å²) in [7, 11) is 0. The van der Waals surface area contributed by atoms with Gasteiger partial charge in [0.15, 0.2) is 0 Å². The van der Waals surface area contributed by atoms with Crippen LogP contribution in [-0.2, 0) is 9.59 Å². The van der Waals surface area contributed by atoms with Crippen LogP contribution < -0.4 is 14.8 Å². The van der Waals surface area contributed by atoms with Crippen LogP contribution >= 0.6 is 0 Å². The molecule has 0 aromatic heterocycles. The molecule has 0 spiro atoms. The van der Waals surface area contributed by atoms with Crippen LogP contribution in [0.25, 0.3) is 0 Å². The van der Waals surface area contributed by atoms with E-state index >= 15 is 0 Å². The molecule has 1 aliphatic carbocycles. The first-order chi connectivity index (χ1) is 11.6. The zero-order valence-electron chi connectivity index (χ0n) is 14.2. The smallest absolute Gasteiger partial charge is 0.229 e. The number of likely N-dealkylation sites (tertiary alicyclic amines) is 1. The molecule has 2 aliphatic rings. The highest BCUT2D eigenvalue weighted by molar-refractivity contribution is 5.98. The van der Waals surface area contributed by atoms with Crippen molar-refractivity contribution in [3.8, 4) is 11.5 Å². The van der Waals surface area contributed by atoms with Crippen molar-refractivity contribution in [1.29, 1.82) is 0 Å². The summed E-state index contributed by atoms with van der Waals surface area (Å²) < 4.78 is 11.1. The summed E-state index contributed by atoms with van der Waals surface area (Å²) in [6.45, 7) is 5.38. The Morgan fingerprint density at radius 3 is 2.67 bits per heavy atom. The second-order valence-corrected chi connectivity index (χ2v) is 6.19. The van der Waals surface area contributed by atoms with Gasteiger partial charge in [0.1, 0.15) is 11.5 Å². The summed E-state index contributed by atoms with van der Waals surface area (Å²) >= 11 is 0. The highest BCUT2D eigenvalue weighted by Gasteiger charge is 2.41. The molecule has 130 valence electrons. The highest BCUT2D eigenvalue weighted by atomic mass is 16.5. The minimum absolute atomic E-state index is 0.0887. The summed E-state index contributed by atoms with van der Waals surface area (Å²) in [5.74, 6) is 0.936. The van der Waals surface area contributed by atoms with Gasteiger partial charge in [-0.1, -0.05) is 0 Å². The van der Waals surface area contributed by atoms with Crippen LogP contribution in [0, 0.1) is 5.92 Å². The number of ether oxygens (including phenoxy) is 2. The SMILES string of the molecule is CCOc1ccc(OCC)c(NC(=O)[C@H]2CC(=O)N(C3CC3)C2)c1. The Morgan fingerprint density at radius 2 is 2.00 bits per heavy atom. The number of amides is 2. The summed E-state index contributed by atoms with van der Waals surface area (Å²) in [4.78, 5) is 26.5. The Hall–Kier alpha value is -2.24. The van der Waals surface area contributed by atoms with E-state index in [0.717, 1.165) is 12.8 Å². The third-order valence-electron chi connectivity index (χ3n) is 4.34. The number of rotatable bonds is 7. The first kappa shape index (κ1) is 16.6. The van der Waals surface area contributed by atoms with Crippen molar-refractivity contribution >= 4 is 17.5 Å². The zero-order valence-corrected chi connectivity index (χ0v) is 14.2. The Bertz CT molecular complexity index is 627. The minimum atomic E-state index is -0.302. The number of benzene rings is 1. The van der Waals surface area contributed by atoms with Gasteiger partial charge in [-0.25, -0.2) is 0 Å². The molecule has 1 aromatic carbocycles. The van der Waals surface area contributed by atoms with E-state index in [2.05, 4.69) is 5.32 Å². The maximum Gasteiger partial charge on any atom is 0.229 e. The van der Waals surface area contributed by atoms with Crippen molar-refractivity contribution in [3.63, 3.8) is 0 Å². The number of anilines is 1. The Kier molecular flexibility index (Phi) is 4.92. The van der Waals surface area contributed by atoms with E-state index in [0.29, 0.717) is 43.0 Å². The number of carbonyl (C=O) groups excluding carboxylic acids is 2. The van der Waals surface area contributed by atoms with E-state index in [1.54, 1.807) is 12.1 Å². The standard InChI is InChI=1S/C18H24N2O4/c1-3-23-14-7-8-16(24-4-2)15(10-14)19-18(22)12-9-17(21)20(11-12)13-5-6-13/h7-8,10,12-13H,3-6,9,11H2,1-2H3,(H,19,22)/t12-/m0/s1. The van der Waals surface area contributed by atoms with Gasteiger partial charge in [-0.15, -0.1) is 0 Å². The summed E-state index contributed by atoms with van der Waals surface area (Å²) in [5, 5.41) is 2.91. The molecule has 1 aliphatic heterocycles. The van der Waals surface area contributed by atoms with E-state index in [1.807, 2.05) is 24.8 Å².